The van der Waals surface area contributed by atoms with Crippen molar-refractivity contribution in [1.29, 1.82) is 0 Å². The summed E-state index contributed by atoms with van der Waals surface area (Å²) in [5.74, 6) is 0.253. The molecule has 2 aromatic heterocycles. The van der Waals surface area contributed by atoms with E-state index in [4.69, 9.17) is 9.47 Å². The molecule has 0 spiro atoms. The number of ether oxygens (including phenoxy) is 2. The highest BCUT2D eigenvalue weighted by Crippen LogP contribution is 2.29. The van der Waals surface area contributed by atoms with Gasteiger partial charge in [-0.05, 0) is 43.2 Å². The average Bonchev–Trinajstić information content (AvgIpc) is 2.89. The number of aromatic nitrogens is 3. The number of rotatable bonds is 8. The lowest BCUT2D eigenvalue weighted by atomic mass is 10.2. The Labute approximate surface area is 166 Å². The fourth-order valence-electron chi connectivity index (χ4n) is 2.96. The Morgan fingerprint density at radius 2 is 1.79 bits per heavy atom. The van der Waals surface area contributed by atoms with Gasteiger partial charge in [-0.1, -0.05) is 31.8 Å². The van der Waals surface area contributed by atoms with Crippen molar-refractivity contribution in [3.8, 4) is 5.88 Å². The average molecular weight is 402 g/mol. The zero-order valence-electron chi connectivity index (χ0n) is 17.3. The maximum atomic E-state index is 13.1. The second-order valence-electron chi connectivity index (χ2n) is 8.28. The molecule has 0 aliphatic heterocycles. The third-order valence-electron chi connectivity index (χ3n) is 4.87. The summed E-state index contributed by atoms with van der Waals surface area (Å²) in [6, 6.07) is 7.40. The number of aryl methyl sites for hydroxylation is 1. The van der Waals surface area contributed by atoms with Crippen molar-refractivity contribution in [1.82, 2.24) is 14.5 Å². The van der Waals surface area contributed by atoms with Crippen LogP contribution in [0.15, 0.2) is 30.6 Å². The Hall–Kier alpha value is -2.25. The van der Waals surface area contributed by atoms with E-state index in [2.05, 4.69) is 41.1 Å². The molecule has 28 heavy (non-hydrogen) atoms. The maximum absolute atomic E-state index is 13.1. The van der Waals surface area contributed by atoms with Crippen LogP contribution in [0, 0.1) is 19.7 Å². The Morgan fingerprint density at radius 3 is 2.46 bits per heavy atom. The van der Waals surface area contributed by atoms with Gasteiger partial charge < -0.3 is 14.0 Å². The quantitative estimate of drug-likeness (QED) is 0.390. The van der Waals surface area contributed by atoms with Crippen LogP contribution in [0.1, 0.15) is 16.8 Å². The van der Waals surface area contributed by atoms with E-state index >= 15 is 0 Å². The van der Waals surface area contributed by atoms with Gasteiger partial charge in [-0.2, -0.15) is 4.98 Å². The van der Waals surface area contributed by atoms with Crippen LogP contribution in [0.2, 0.25) is 25.7 Å². The van der Waals surface area contributed by atoms with Crippen LogP contribution in [0.5, 0.6) is 5.88 Å². The molecule has 0 aliphatic rings. The van der Waals surface area contributed by atoms with Crippen molar-refractivity contribution in [2.45, 2.75) is 52.9 Å². The second kappa shape index (κ2) is 8.41. The molecule has 5 nitrogen and oxygen atoms in total. The molecule has 0 atom stereocenters. The molecule has 0 saturated heterocycles. The Balaban J connectivity index is 1.82. The molecule has 0 saturated carbocycles. The van der Waals surface area contributed by atoms with Gasteiger partial charge in [0.25, 0.3) is 0 Å². The van der Waals surface area contributed by atoms with E-state index in [0.29, 0.717) is 19.2 Å². The van der Waals surface area contributed by atoms with Gasteiger partial charge >= 0.3 is 0 Å². The minimum atomic E-state index is -1.13. The van der Waals surface area contributed by atoms with Crippen molar-refractivity contribution in [3.05, 3.63) is 53.2 Å². The Kier molecular flexibility index (Phi) is 6.15. The molecule has 0 unspecified atom stereocenters. The molecule has 0 bridgehead atoms. The van der Waals surface area contributed by atoms with Crippen molar-refractivity contribution in [3.63, 3.8) is 0 Å². The van der Waals surface area contributed by atoms with Crippen LogP contribution in [0.25, 0.3) is 11.0 Å². The van der Waals surface area contributed by atoms with Gasteiger partial charge in [0.05, 0.1) is 5.52 Å². The molecule has 0 aliphatic carbocycles. The first-order chi connectivity index (χ1) is 13.3. The highest BCUT2D eigenvalue weighted by molar-refractivity contribution is 6.76. The highest BCUT2D eigenvalue weighted by atomic mass is 28.3. The van der Waals surface area contributed by atoms with E-state index in [9.17, 15) is 4.39 Å². The van der Waals surface area contributed by atoms with E-state index < -0.39 is 8.07 Å². The van der Waals surface area contributed by atoms with E-state index in [-0.39, 0.29) is 5.82 Å². The van der Waals surface area contributed by atoms with Gasteiger partial charge in [-0.3, -0.25) is 0 Å². The topological polar surface area (TPSA) is 49.2 Å². The molecule has 3 aromatic rings. The zero-order chi connectivity index (χ0) is 20.3. The van der Waals surface area contributed by atoms with Gasteiger partial charge in [0.15, 0.2) is 0 Å². The molecular weight excluding hydrogens is 373 g/mol. The summed E-state index contributed by atoms with van der Waals surface area (Å²) < 4.78 is 27.1. The fourth-order valence-corrected chi connectivity index (χ4v) is 3.71. The summed E-state index contributed by atoms with van der Waals surface area (Å²) in [7, 11) is -1.13. The predicted molar refractivity (Wildman–Crippen MR) is 112 cm³/mol. The number of halogens is 1. The van der Waals surface area contributed by atoms with E-state index in [1.54, 1.807) is 12.1 Å². The van der Waals surface area contributed by atoms with Crippen molar-refractivity contribution < 1.29 is 13.9 Å². The Morgan fingerprint density at radius 1 is 1.07 bits per heavy atom. The van der Waals surface area contributed by atoms with E-state index in [1.165, 1.54) is 18.5 Å². The number of hydrogen-bond acceptors (Lipinski definition) is 4. The molecule has 3 rings (SSSR count). The van der Waals surface area contributed by atoms with Crippen LogP contribution < -0.4 is 4.74 Å². The minimum absolute atomic E-state index is 0.260. The molecule has 0 fully saturated rings. The number of benzene rings is 1. The van der Waals surface area contributed by atoms with Crippen LogP contribution in [0.3, 0.4) is 0 Å². The first-order valence-corrected chi connectivity index (χ1v) is 13.2. The van der Waals surface area contributed by atoms with E-state index in [1.807, 2.05) is 6.92 Å². The van der Waals surface area contributed by atoms with Gasteiger partial charge in [0.1, 0.15) is 31.0 Å². The molecule has 7 heteroatoms. The van der Waals surface area contributed by atoms with Crippen molar-refractivity contribution in [2.75, 3.05) is 6.61 Å². The third kappa shape index (κ3) is 4.77. The zero-order valence-corrected chi connectivity index (χ0v) is 18.3. The number of hydrogen-bond donors (Lipinski definition) is 0. The van der Waals surface area contributed by atoms with Crippen molar-refractivity contribution >= 4 is 19.1 Å². The summed E-state index contributed by atoms with van der Waals surface area (Å²) >= 11 is 0. The standard InChI is InChI=1S/C21H28FN3O2Si/c1-15-16(2)25(14-26-10-11-28(3,4)5)20-19(15)23-13-24-21(20)27-12-17-6-8-18(22)9-7-17/h6-9,13H,10-12,14H2,1-5H3. The summed E-state index contributed by atoms with van der Waals surface area (Å²) in [5, 5.41) is 0. The van der Waals surface area contributed by atoms with Gasteiger partial charge in [-0.15, -0.1) is 0 Å². The van der Waals surface area contributed by atoms with Crippen LogP contribution in [-0.4, -0.2) is 29.2 Å². The molecule has 2 heterocycles. The molecule has 0 amide bonds. The largest absolute Gasteiger partial charge is 0.471 e. The third-order valence-corrected chi connectivity index (χ3v) is 6.57. The smallest absolute Gasteiger partial charge is 0.242 e. The van der Waals surface area contributed by atoms with E-state index in [0.717, 1.165) is 40.5 Å². The second-order valence-corrected chi connectivity index (χ2v) is 13.9. The summed E-state index contributed by atoms with van der Waals surface area (Å²) in [6.07, 6.45) is 1.52. The summed E-state index contributed by atoms with van der Waals surface area (Å²) in [4.78, 5) is 8.79. The molecule has 0 N–H and O–H groups in total. The molecular formula is C21H28FN3O2Si. The molecule has 150 valence electrons. The summed E-state index contributed by atoms with van der Waals surface area (Å²) in [6.45, 7) is 12.6. The first kappa shape index (κ1) is 20.5. The molecule has 1 aromatic carbocycles. The number of fused-ring (bicyclic) bond motifs is 1. The lowest BCUT2D eigenvalue weighted by Gasteiger charge is -2.16. The van der Waals surface area contributed by atoms with Crippen LogP contribution >= 0.6 is 0 Å². The summed E-state index contributed by atoms with van der Waals surface area (Å²) in [5.41, 5.74) is 4.78. The van der Waals surface area contributed by atoms with Gasteiger partial charge in [0, 0.05) is 20.4 Å². The predicted octanol–water partition coefficient (Wildman–Crippen LogP) is 5.08. The monoisotopic (exact) mass is 401 g/mol. The SMILES string of the molecule is Cc1c(C)n(COCC[Si](C)(C)C)c2c(OCc3ccc(F)cc3)ncnc12. The number of nitrogens with zero attached hydrogens (tertiary/aromatic N) is 3. The minimum Gasteiger partial charge on any atom is -0.471 e. The van der Waals surface area contributed by atoms with Gasteiger partial charge in [-0.25, -0.2) is 9.37 Å². The normalized spacial score (nSPS) is 11.9. The van der Waals surface area contributed by atoms with Crippen LogP contribution in [-0.2, 0) is 18.1 Å². The first-order valence-electron chi connectivity index (χ1n) is 9.51. The highest BCUT2D eigenvalue weighted by Gasteiger charge is 2.18. The fraction of sp³-hybridized carbons (Fsp3) is 0.429. The molecule has 0 radical (unpaired) electrons. The van der Waals surface area contributed by atoms with Gasteiger partial charge in [0.2, 0.25) is 5.88 Å². The van der Waals surface area contributed by atoms with Crippen molar-refractivity contribution in [2.24, 2.45) is 0 Å². The lowest BCUT2D eigenvalue weighted by Crippen LogP contribution is -2.22. The Bertz CT molecular complexity index is 949. The maximum Gasteiger partial charge on any atom is 0.242 e. The van der Waals surface area contributed by atoms with Crippen LogP contribution in [0.4, 0.5) is 4.39 Å². The lowest BCUT2D eigenvalue weighted by molar-refractivity contribution is 0.0884.